The van der Waals surface area contributed by atoms with Crippen molar-refractivity contribution >= 4 is 17.7 Å². The molecule has 2 aliphatic rings. The molecule has 3 heterocycles. The highest BCUT2D eigenvalue weighted by Gasteiger charge is 2.42. The first-order valence-corrected chi connectivity index (χ1v) is 11.0. The van der Waals surface area contributed by atoms with E-state index in [0.29, 0.717) is 23.3 Å². The minimum Gasteiger partial charge on any atom is -0.489 e. The Morgan fingerprint density at radius 1 is 1.34 bits per heavy atom. The van der Waals surface area contributed by atoms with Gasteiger partial charge in [0, 0.05) is 24.1 Å². The van der Waals surface area contributed by atoms with E-state index in [-0.39, 0.29) is 23.5 Å². The van der Waals surface area contributed by atoms with Crippen LogP contribution in [0.4, 0.5) is 11.8 Å². The Hall–Kier alpha value is -3.60. The Morgan fingerprint density at radius 2 is 2.16 bits per heavy atom. The van der Waals surface area contributed by atoms with E-state index in [1.54, 1.807) is 30.3 Å². The van der Waals surface area contributed by atoms with Gasteiger partial charge in [0.25, 0.3) is 5.56 Å². The first kappa shape index (κ1) is 21.6. The molecule has 8 heteroatoms. The molecule has 1 aromatic heterocycles. The van der Waals surface area contributed by atoms with Crippen molar-refractivity contribution in [3.8, 4) is 11.8 Å². The number of hydrogen-bond donors (Lipinski definition) is 2. The number of H-pyrrole nitrogens is 1. The second kappa shape index (κ2) is 9.27. The van der Waals surface area contributed by atoms with Gasteiger partial charge in [0.2, 0.25) is 11.9 Å². The molecule has 1 amide bonds. The number of carbonyl (C=O) groups is 1. The minimum atomic E-state index is -1.08. The molecule has 2 aliphatic heterocycles. The Balaban J connectivity index is 1.84. The van der Waals surface area contributed by atoms with E-state index in [0.717, 1.165) is 32.2 Å². The quantitative estimate of drug-likeness (QED) is 0.676. The molecule has 3 atom stereocenters. The van der Waals surface area contributed by atoms with Crippen LogP contribution in [-0.4, -0.2) is 35.1 Å². The molecular weight excluding hydrogens is 406 g/mol. The van der Waals surface area contributed by atoms with Crippen molar-refractivity contribution in [2.24, 2.45) is 5.92 Å². The van der Waals surface area contributed by atoms with Gasteiger partial charge in [-0.25, -0.2) is 0 Å². The third-order valence-electron chi connectivity index (χ3n) is 6.23. The number of aromatic nitrogens is 2. The summed E-state index contributed by atoms with van der Waals surface area (Å²) in [6.45, 7) is 6.85. The van der Waals surface area contributed by atoms with Gasteiger partial charge >= 0.3 is 0 Å². The van der Waals surface area contributed by atoms with Gasteiger partial charge in [0.05, 0.1) is 11.6 Å². The third kappa shape index (κ3) is 3.86. The average Bonchev–Trinajstić information content (AvgIpc) is 2.81. The first-order valence-electron chi connectivity index (χ1n) is 11.0. The molecule has 1 fully saturated rings. The van der Waals surface area contributed by atoms with Crippen molar-refractivity contribution in [1.82, 2.24) is 9.97 Å². The molecule has 32 heavy (non-hydrogen) atoms. The van der Waals surface area contributed by atoms with Crippen molar-refractivity contribution in [2.45, 2.75) is 44.6 Å². The van der Waals surface area contributed by atoms with Crippen molar-refractivity contribution < 1.29 is 9.53 Å². The Bertz CT molecular complexity index is 1120. The molecule has 2 N–H and O–H groups in total. The van der Waals surface area contributed by atoms with Gasteiger partial charge in [-0.3, -0.25) is 14.6 Å². The van der Waals surface area contributed by atoms with E-state index >= 15 is 0 Å². The number of ether oxygens (including phenoxy) is 1. The SMILES string of the molecule is C=CCOc1ccccc1C1c2c(nc(N3CCCCC3CC)[nH]c2=O)NC(=O)C1C#N. The standard InChI is InChI=1S/C24H27N5O3/c1-3-13-32-18-11-6-5-10-16(18)19-17(14-25)22(30)26-21-20(19)23(31)28-24(27-21)29-12-8-7-9-15(29)4-2/h3,5-6,10-11,15,17,19H,1,4,7-9,12-13H2,2H3,(H2,26,27,28,30,31). The Labute approximate surface area is 186 Å². The number of aromatic amines is 1. The van der Waals surface area contributed by atoms with Crippen molar-refractivity contribution in [3.63, 3.8) is 0 Å². The number of carbonyl (C=O) groups excluding carboxylic acids is 1. The number of benzene rings is 1. The van der Waals surface area contributed by atoms with Crippen LogP contribution in [0, 0.1) is 17.2 Å². The molecule has 8 nitrogen and oxygen atoms in total. The molecular formula is C24H27N5O3. The van der Waals surface area contributed by atoms with Crippen LogP contribution in [0.1, 0.15) is 49.7 Å². The Morgan fingerprint density at radius 3 is 2.91 bits per heavy atom. The maximum atomic E-state index is 13.4. The normalized spacial score (nSPS) is 22.4. The number of fused-ring (bicyclic) bond motifs is 1. The summed E-state index contributed by atoms with van der Waals surface area (Å²) in [5.74, 6) is -1.17. The maximum absolute atomic E-state index is 13.4. The Kier molecular flexibility index (Phi) is 6.26. The lowest BCUT2D eigenvalue weighted by molar-refractivity contribution is -0.119. The topological polar surface area (TPSA) is 111 Å². The number of anilines is 2. The van der Waals surface area contributed by atoms with E-state index in [4.69, 9.17) is 4.74 Å². The number of nitrogens with one attached hydrogen (secondary N) is 2. The summed E-state index contributed by atoms with van der Waals surface area (Å²) >= 11 is 0. The van der Waals surface area contributed by atoms with Gasteiger partial charge < -0.3 is 15.0 Å². The second-order valence-corrected chi connectivity index (χ2v) is 8.11. The number of hydrogen-bond acceptors (Lipinski definition) is 6. The predicted molar refractivity (Wildman–Crippen MR) is 122 cm³/mol. The molecule has 0 saturated carbocycles. The lowest BCUT2D eigenvalue weighted by atomic mass is 9.79. The van der Waals surface area contributed by atoms with Crippen LogP contribution in [0.15, 0.2) is 41.7 Å². The summed E-state index contributed by atoms with van der Waals surface area (Å²) in [5, 5.41) is 12.5. The molecule has 166 valence electrons. The van der Waals surface area contributed by atoms with Crippen LogP contribution in [-0.2, 0) is 4.79 Å². The molecule has 2 aromatic rings. The van der Waals surface area contributed by atoms with E-state index in [1.165, 1.54) is 0 Å². The molecule has 0 bridgehead atoms. The summed E-state index contributed by atoms with van der Waals surface area (Å²) in [6, 6.07) is 9.50. The number of nitrogens with zero attached hydrogens (tertiary/aromatic N) is 3. The fourth-order valence-electron chi connectivity index (χ4n) is 4.69. The van der Waals surface area contributed by atoms with Crippen LogP contribution in [0.2, 0.25) is 0 Å². The van der Waals surface area contributed by atoms with Crippen molar-refractivity contribution in [1.29, 1.82) is 5.26 Å². The van der Waals surface area contributed by atoms with Crippen LogP contribution in [0.25, 0.3) is 0 Å². The zero-order valence-electron chi connectivity index (χ0n) is 18.1. The second-order valence-electron chi connectivity index (χ2n) is 8.11. The van der Waals surface area contributed by atoms with E-state index < -0.39 is 17.7 Å². The maximum Gasteiger partial charge on any atom is 0.258 e. The summed E-state index contributed by atoms with van der Waals surface area (Å²) in [4.78, 5) is 35.9. The van der Waals surface area contributed by atoms with Gasteiger partial charge in [-0.05, 0) is 31.7 Å². The van der Waals surface area contributed by atoms with Crippen LogP contribution >= 0.6 is 0 Å². The summed E-state index contributed by atoms with van der Waals surface area (Å²) in [7, 11) is 0. The van der Waals surface area contributed by atoms with Crippen molar-refractivity contribution in [3.05, 3.63) is 58.4 Å². The highest BCUT2D eigenvalue weighted by Crippen LogP contribution is 2.42. The predicted octanol–water partition coefficient (Wildman–Crippen LogP) is 3.33. The van der Waals surface area contributed by atoms with Crippen molar-refractivity contribution in [2.75, 3.05) is 23.4 Å². The summed E-state index contributed by atoms with van der Waals surface area (Å²) in [6.07, 6.45) is 5.77. The fraction of sp³-hybridized carbons (Fsp3) is 0.417. The largest absolute Gasteiger partial charge is 0.489 e. The van der Waals surface area contributed by atoms with E-state index in [1.807, 2.05) is 0 Å². The summed E-state index contributed by atoms with van der Waals surface area (Å²) < 4.78 is 5.77. The zero-order chi connectivity index (χ0) is 22.7. The lowest BCUT2D eigenvalue weighted by Gasteiger charge is -2.36. The molecule has 4 rings (SSSR count). The monoisotopic (exact) mass is 433 g/mol. The molecule has 0 radical (unpaired) electrons. The molecule has 3 unspecified atom stereocenters. The van der Waals surface area contributed by atoms with Crippen LogP contribution in [0.5, 0.6) is 5.75 Å². The van der Waals surface area contributed by atoms with Gasteiger partial charge in [0.15, 0.2) is 0 Å². The smallest absolute Gasteiger partial charge is 0.258 e. The number of nitriles is 1. The average molecular weight is 434 g/mol. The third-order valence-corrected chi connectivity index (χ3v) is 6.23. The highest BCUT2D eigenvalue weighted by atomic mass is 16.5. The highest BCUT2D eigenvalue weighted by molar-refractivity contribution is 5.98. The number of rotatable bonds is 6. The van der Waals surface area contributed by atoms with Gasteiger partial charge in [-0.2, -0.15) is 10.2 Å². The zero-order valence-corrected chi connectivity index (χ0v) is 18.1. The van der Waals surface area contributed by atoms with E-state index in [9.17, 15) is 14.9 Å². The lowest BCUT2D eigenvalue weighted by Crippen LogP contribution is -2.43. The van der Waals surface area contributed by atoms with Gasteiger partial charge in [-0.1, -0.05) is 37.8 Å². The molecule has 1 aromatic carbocycles. The summed E-state index contributed by atoms with van der Waals surface area (Å²) in [5.41, 5.74) is 0.523. The minimum absolute atomic E-state index is 0.212. The number of para-hydroxylation sites is 1. The number of amides is 1. The molecule has 1 saturated heterocycles. The van der Waals surface area contributed by atoms with Gasteiger partial charge in [0.1, 0.15) is 24.1 Å². The fourth-order valence-corrected chi connectivity index (χ4v) is 4.69. The van der Waals surface area contributed by atoms with E-state index in [2.05, 4.69) is 39.8 Å². The molecule has 0 aliphatic carbocycles. The molecule has 0 spiro atoms. The van der Waals surface area contributed by atoms with Crippen LogP contribution < -0.4 is 20.5 Å². The van der Waals surface area contributed by atoms with Crippen LogP contribution in [0.3, 0.4) is 0 Å². The van der Waals surface area contributed by atoms with Gasteiger partial charge in [-0.15, -0.1) is 0 Å². The first-order chi connectivity index (χ1) is 15.6. The number of piperidine rings is 1.